The summed E-state index contributed by atoms with van der Waals surface area (Å²) in [5.41, 5.74) is 3.42. The van der Waals surface area contributed by atoms with Gasteiger partial charge in [-0.25, -0.2) is 0 Å². The number of pyridine rings is 1. The van der Waals surface area contributed by atoms with Crippen molar-refractivity contribution < 1.29 is 0 Å². The smallest absolute Gasteiger partial charge is 0.0594 e. The Bertz CT molecular complexity index is 460. The Labute approximate surface area is 103 Å². The second kappa shape index (κ2) is 5.00. The van der Waals surface area contributed by atoms with Gasteiger partial charge in [0.2, 0.25) is 0 Å². The molecule has 2 nitrogen and oxygen atoms in total. The van der Waals surface area contributed by atoms with E-state index in [2.05, 4.69) is 55.0 Å². The van der Waals surface area contributed by atoms with Crippen LogP contribution >= 0.6 is 0 Å². The van der Waals surface area contributed by atoms with Crippen molar-refractivity contribution in [2.75, 3.05) is 11.9 Å². The molecule has 2 rings (SSSR count). The number of nitrogens with zero attached hydrogens (tertiary/aromatic N) is 2. The minimum absolute atomic E-state index is 0.478. The van der Waals surface area contributed by atoms with Gasteiger partial charge in [0.1, 0.15) is 0 Å². The maximum atomic E-state index is 4.48. The number of hydrogen-bond acceptors (Lipinski definition) is 2. The number of aromatic nitrogens is 1. The van der Waals surface area contributed by atoms with E-state index in [9.17, 15) is 0 Å². The fourth-order valence-electron chi connectivity index (χ4n) is 1.74. The van der Waals surface area contributed by atoms with Crippen LogP contribution in [0.1, 0.15) is 25.5 Å². The van der Waals surface area contributed by atoms with Gasteiger partial charge in [0.15, 0.2) is 0 Å². The summed E-state index contributed by atoms with van der Waals surface area (Å²) < 4.78 is 0. The third-order valence-electron chi connectivity index (χ3n) is 2.89. The molecular weight excluding hydrogens is 208 g/mol. The highest BCUT2D eigenvalue weighted by Gasteiger charge is 2.05. The van der Waals surface area contributed by atoms with Crippen molar-refractivity contribution in [2.24, 2.45) is 0 Å². The van der Waals surface area contributed by atoms with Crippen molar-refractivity contribution >= 4 is 11.4 Å². The Hall–Kier alpha value is -1.83. The quantitative estimate of drug-likeness (QED) is 0.787. The zero-order chi connectivity index (χ0) is 12.3. The lowest BCUT2D eigenvalue weighted by atomic mass is 10.1. The molecule has 88 valence electrons. The Morgan fingerprint density at radius 3 is 2.18 bits per heavy atom. The molecule has 0 aliphatic heterocycles. The molecular formula is C15H18N2. The standard InChI is InChI=1S/C15H18N2/c1-12(2)15-10-9-14(11-16-15)17(3)13-7-5-4-6-8-13/h4-12H,1-3H3. The number of rotatable bonds is 3. The SMILES string of the molecule is CC(C)c1ccc(N(C)c2ccccc2)cn1. The molecule has 0 saturated carbocycles. The third-order valence-corrected chi connectivity index (χ3v) is 2.89. The predicted molar refractivity (Wildman–Crippen MR) is 72.8 cm³/mol. The molecule has 1 aromatic carbocycles. The molecule has 1 heterocycles. The van der Waals surface area contributed by atoms with E-state index in [1.165, 1.54) is 5.69 Å². The molecule has 0 bridgehead atoms. The van der Waals surface area contributed by atoms with Crippen molar-refractivity contribution in [1.82, 2.24) is 4.98 Å². The minimum atomic E-state index is 0.478. The second-order valence-corrected chi connectivity index (χ2v) is 4.49. The van der Waals surface area contributed by atoms with Crippen LogP contribution in [0.25, 0.3) is 0 Å². The Morgan fingerprint density at radius 1 is 0.941 bits per heavy atom. The summed E-state index contributed by atoms with van der Waals surface area (Å²) in [5, 5.41) is 0. The minimum Gasteiger partial charge on any atom is -0.343 e. The first-order valence-corrected chi connectivity index (χ1v) is 5.93. The van der Waals surface area contributed by atoms with Gasteiger partial charge >= 0.3 is 0 Å². The van der Waals surface area contributed by atoms with Crippen LogP contribution in [0.3, 0.4) is 0 Å². The van der Waals surface area contributed by atoms with E-state index in [0.29, 0.717) is 5.92 Å². The van der Waals surface area contributed by atoms with E-state index in [4.69, 9.17) is 0 Å². The lowest BCUT2D eigenvalue weighted by Gasteiger charge is -2.19. The van der Waals surface area contributed by atoms with Crippen LogP contribution in [0.2, 0.25) is 0 Å². The summed E-state index contributed by atoms with van der Waals surface area (Å²) in [6.07, 6.45) is 1.93. The van der Waals surface area contributed by atoms with E-state index >= 15 is 0 Å². The van der Waals surface area contributed by atoms with Gasteiger partial charge in [-0.15, -0.1) is 0 Å². The molecule has 2 heteroatoms. The summed E-state index contributed by atoms with van der Waals surface area (Å²) in [4.78, 5) is 6.62. The highest BCUT2D eigenvalue weighted by atomic mass is 15.1. The number of benzene rings is 1. The highest BCUT2D eigenvalue weighted by Crippen LogP contribution is 2.23. The third kappa shape index (κ3) is 2.64. The van der Waals surface area contributed by atoms with E-state index < -0.39 is 0 Å². The van der Waals surface area contributed by atoms with Gasteiger partial charge in [-0.1, -0.05) is 32.0 Å². The monoisotopic (exact) mass is 226 g/mol. The normalized spacial score (nSPS) is 10.6. The maximum Gasteiger partial charge on any atom is 0.0594 e. The highest BCUT2D eigenvalue weighted by molar-refractivity contribution is 5.61. The molecule has 0 aliphatic rings. The summed E-state index contributed by atoms with van der Waals surface area (Å²) in [6, 6.07) is 14.5. The average molecular weight is 226 g/mol. The first-order valence-electron chi connectivity index (χ1n) is 5.93. The molecule has 0 radical (unpaired) electrons. The first kappa shape index (κ1) is 11.6. The van der Waals surface area contributed by atoms with Crippen molar-refractivity contribution in [3.8, 4) is 0 Å². The zero-order valence-electron chi connectivity index (χ0n) is 10.6. The van der Waals surface area contributed by atoms with Crippen molar-refractivity contribution in [1.29, 1.82) is 0 Å². The lowest BCUT2D eigenvalue weighted by molar-refractivity contribution is 0.822. The Kier molecular flexibility index (Phi) is 3.43. The zero-order valence-corrected chi connectivity index (χ0v) is 10.6. The van der Waals surface area contributed by atoms with Crippen LogP contribution < -0.4 is 4.90 Å². The molecule has 0 fully saturated rings. The van der Waals surface area contributed by atoms with Crippen LogP contribution in [0.4, 0.5) is 11.4 Å². The van der Waals surface area contributed by atoms with Gasteiger partial charge in [-0.2, -0.15) is 0 Å². The fraction of sp³-hybridized carbons (Fsp3) is 0.267. The van der Waals surface area contributed by atoms with Crippen molar-refractivity contribution in [2.45, 2.75) is 19.8 Å². The number of para-hydroxylation sites is 1. The number of hydrogen-bond donors (Lipinski definition) is 0. The van der Waals surface area contributed by atoms with Crippen molar-refractivity contribution in [3.63, 3.8) is 0 Å². The van der Waals surface area contributed by atoms with Gasteiger partial charge in [0.05, 0.1) is 11.9 Å². The van der Waals surface area contributed by atoms with Gasteiger partial charge in [0.25, 0.3) is 0 Å². The summed E-state index contributed by atoms with van der Waals surface area (Å²) in [6.45, 7) is 4.31. The van der Waals surface area contributed by atoms with Crippen LogP contribution in [0.15, 0.2) is 48.7 Å². The molecule has 0 N–H and O–H groups in total. The molecule has 0 aliphatic carbocycles. The lowest BCUT2D eigenvalue weighted by Crippen LogP contribution is -2.09. The topological polar surface area (TPSA) is 16.1 Å². The van der Waals surface area contributed by atoms with E-state index in [-0.39, 0.29) is 0 Å². The fourth-order valence-corrected chi connectivity index (χ4v) is 1.74. The van der Waals surface area contributed by atoms with Gasteiger partial charge in [-0.3, -0.25) is 4.98 Å². The van der Waals surface area contributed by atoms with Crippen LogP contribution in [-0.2, 0) is 0 Å². The largest absolute Gasteiger partial charge is 0.343 e. The molecule has 0 unspecified atom stereocenters. The summed E-state index contributed by atoms with van der Waals surface area (Å²) in [7, 11) is 2.06. The maximum absolute atomic E-state index is 4.48. The molecule has 0 amide bonds. The summed E-state index contributed by atoms with van der Waals surface area (Å²) >= 11 is 0. The summed E-state index contributed by atoms with van der Waals surface area (Å²) in [5.74, 6) is 0.478. The average Bonchev–Trinajstić information content (AvgIpc) is 2.39. The molecule has 0 spiro atoms. The van der Waals surface area contributed by atoms with Crippen molar-refractivity contribution in [3.05, 3.63) is 54.4 Å². The van der Waals surface area contributed by atoms with Crippen LogP contribution in [-0.4, -0.2) is 12.0 Å². The molecule has 0 atom stereocenters. The molecule has 2 aromatic rings. The molecule has 0 saturated heterocycles. The second-order valence-electron chi connectivity index (χ2n) is 4.49. The molecule has 17 heavy (non-hydrogen) atoms. The van der Waals surface area contributed by atoms with E-state index in [0.717, 1.165) is 11.4 Å². The van der Waals surface area contributed by atoms with Crippen LogP contribution in [0, 0.1) is 0 Å². The molecule has 1 aromatic heterocycles. The van der Waals surface area contributed by atoms with E-state index in [1.807, 2.05) is 24.4 Å². The van der Waals surface area contributed by atoms with Gasteiger partial charge in [-0.05, 0) is 30.2 Å². The number of anilines is 2. The Morgan fingerprint density at radius 2 is 1.65 bits per heavy atom. The Balaban J connectivity index is 2.23. The first-order chi connectivity index (χ1) is 8.18. The van der Waals surface area contributed by atoms with Crippen LogP contribution in [0.5, 0.6) is 0 Å². The van der Waals surface area contributed by atoms with Gasteiger partial charge in [0, 0.05) is 18.4 Å². The predicted octanol–water partition coefficient (Wildman–Crippen LogP) is 3.97. The van der Waals surface area contributed by atoms with E-state index in [1.54, 1.807) is 0 Å². The van der Waals surface area contributed by atoms with Gasteiger partial charge < -0.3 is 4.90 Å².